The van der Waals surface area contributed by atoms with Gasteiger partial charge in [-0.15, -0.1) is 0 Å². The smallest absolute Gasteiger partial charge is 0.260 e. The van der Waals surface area contributed by atoms with Crippen molar-refractivity contribution in [2.24, 2.45) is 0 Å². The summed E-state index contributed by atoms with van der Waals surface area (Å²) in [6.45, 7) is 1.91. The normalized spacial score (nSPS) is 16.3. The first kappa shape index (κ1) is 19.2. The van der Waals surface area contributed by atoms with Crippen LogP contribution in [0.1, 0.15) is 12.0 Å². The molecule has 6 nitrogen and oxygen atoms in total. The zero-order valence-corrected chi connectivity index (χ0v) is 15.8. The van der Waals surface area contributed by atoms with Gasteiger partial charge in [0, 0.05) is 56.1 Å². The van der Waals surface area contributed by atoms with Crippen molar-refractivity contribution in [3.05, 3.63) is 53.6 Å². The van der Waals surface area contributed by atoms with Crippen LogP contribution in [0.5, 0.6) is 5.75 Å². The van der Waals surface area contributed by atoms with Crippen molar-refractivity contribution in [2.45, 2.75) is 12.8 Å². The molecule has 0 spiro atoms. The highest BCUT2D eigenvalue weighted by Crippen LogP contribution is 2.27. The third-order valence-corrected chi connectivity index (χ3v) is 5.24. The van der Waals surface area contributed by atoms with Gasteiger partial charge in [0.15, 0.2) is 18.2 Å². The van der Waals surface area contributed by atoms with Crippen LogP contribution in [0.25, 0.3) is 0 Å². The van der Waals surface area contributed by atoms with Crippen LogP contribution in [0.3, 0.4) is 0 Å². The third kappa shape index (κ3) is 4.31. The van der Waals surface area contributed by atoms with E-state index in [2.05, 4.69) is 5.32 Å². The van der Waals surface area contributed by atoms with Crippen LogP contribution in [0.15, 0.2) is 36.4 Å². The van der Waals surface area contributed by atoms with Gasteiger partial charge in [-0.05, 0) is 30.2 Å². The van der Waals surface area contributed by atoms with Gasteiger partial charge in [0.1, 0.15) is 5.75 Å². The van der Waals surface area contributed by atoms with Crippen molar-refractivity contribution in [2.75, 3.05) is 43.0 Å². The number of halogens is 2. The minimum absolute atomic E-state index is 0.0235. The quantitative estimate of drug-likeness (QED) is 0.856. The number of nitrogens with one attached hydrogen (secondary N) is 1. The molecule has 0 bridgehead atoms. The first-order valence-electron chi connectivity index (χ1n) is 9.53. The molecule has 2 heterocycles. The van der Waals surface area contributed by atoms with E-state index in [4.69, 9.17) is 4.74 Å². The SMILES string of the molecule is O=C1CCc2ccc(OCC(=O)N3CCN(c4ccc(F)c(F)c4)CC3)cc2N1. The number of carbonyl (C=O) groups excluding carboxylic acids is 2. The molecule has 2 aromatic carbocycles. The van der Waals surface area contributed by atoms with E-state index in [1.54, 1.807) is 17.0 Å². The first-order valence-corrected chi connectivity index (χ1v) is 9.53. The molecule has 0 aliphatic carbocycles. The molecule has 1 fully saturated rings. The van der Waals surface area contributed by atoms with Gasteiger partial charge >= 0.3 is 0 Å². The Morgan fingerprint density at radius 3 is 2.55 bits per heavy atom. The molecule has 2 aromatic rings. The summed E-state index contributed by atoms with van der Waals surface area (Å²) >= 11 is 0. The summed E-state index contributed by atoms with van der Waals surface area (Å²) in [4.78, 5) is 27.6. The van der Waals surface area contributed by atoms with Crippen molar-refractivity contribution in [3.8, 4) is 5.75 Å². The Hall–Kier alpha value is -3.16. The van der Waals surface area contributed by atoms with Gasteiger partial charge in [0.25, 0.3) is 5.91 Å². The predicted octanol–water partition coefficient (Wildman–Crippen LogP) is 2.58. The van der Waals surface area contributed by atoms with Crippen molar-refractivity contribution in [3.63, 3.8) is 0 Å². The molecule has 2 aliphatic rings. The lowest BCUT2D eigenvalue weighted by molar-refractivity contribution is -0.133. The van der Waals surface area contributed by atoms with Crippen molar-refractivity contribution < 1.29 is 23.1 Å². The number of carbonyl (C=O) groups is 2. The van der Waals surface area contributed by atoms with Crippen LogP contribution in [-0.4, -0.2) is 49.5 Å². The van der Waals surface area contributed by atoms with E-state index in [9.17, 15) is 18.4 Å². The predicted molar refractivity (Wildman–Crippen MR) is 104 cm³/mol. The molecule has 2 amide bonds. The Bertz CT molecular complexity index is 943. The van der Waals surface area contributed by atoms with Crippen molar-refractivity contribution >= 4 is 23.2 Å². The molecule has 29 heavy (non-hydrogen) atoms. The Morgan fingerprint density at radius 2 is 1.79 bits per heavy atom. The van der Waals surface area contributed by atoms with Crippen LogP contribution in [-0.2, 0) is 16.0 Å². The summed E-state index contributed by atoms with van der Waals surface area (Å²) in [5.41, 5.74) is 2.38. The van der Waals surface area contributed by atoms with E-state index in [0.29, 0.717) is 50.5 Å². The lowest BCUT2D eigenvalue weighted by Gasteiger charge is -2.36. The number of amides is 2. The lowest BCUT2D eigenvalue weighted by Crippen LogP contribution is -2.50. The molecule has 0 saturated carbocycles. The molecule has 152 valence electrons. The van der Waals surface area contributed by atoms with Crippen molar-refractivity contribution in [1.29, 1.82) is 0 Å². The summed E-state index contributed by atoms with van der Waals surface area (Å²) in [5, 5.41) is 2.81. The number of hydrogen-bond acceptors (Lipinski definition) is 4. The van der Waals surface area contributed by atoms with Gasteiger partial charge in [-0.3, -0.25) is 9.59 Å². The second kappa shape index (κ2) is 8.06. The van der Waals surface area contributed by atoms with Gasteiger partial charge in [0.05, 0.1) is 0 Å². The highest BCUT2D eigenvalue weighted by atomic mass is 19.2. The van der Waals surface area contributed by atoms with Gasteiger partial charge in [-0.2, -0.15) is 0 Å². The number of fused-ring (bicyclic) bond motifs is 1. The zero-order valence-electron chi connectivity index (χ0n) is 15.8. The Labute approximate surface area is 167 Å². The molecule has 0 unspecified atom stereocenters. The fourth-order valence-corrected chi connectivity index (χ4v) is 3.57. The number of nitrogens with zero attached hydrogens (tertiary/aromatic N) is 2. The van der Waals surface area contributed by atoms with Crippen molar-refractivity contribution in [1.82, 2.24) is 4.90 Å². The summed E-state index contributed by atoms with van der Waals surface area (Å²) in [5.74, 6) is -1.39. The van der Waals surface area contributed by atoms with Crippen LogP contribution in [0.2, 0.25) is 0 Å². The minimum atomic E-state index is -0.879. The summed E-state index contributed by atoms with van der Waals surface area (Å²) in [6.07, 6.45) is 1.17. The molecule has 4 rings (SSSR count). The van der Waals surface area contributed by atoms with Gasteiger partial charge in [0.2, 0.25) is 5.91 Å². The zero-order chi connectivity index (χ0) is 20.4. The van der Waals surface area contributed by atoms with E-state index in [0.717, 1.165) is 17.3 Å². The fourth-order valence-electron chi connectivity index (χ4n) is 3.57. The highest BCUT2D eigenvalue weighted by Gasteiger charge is 2.22. The minimum Gasteiger partial charge on any atom is -0.484 e. The summed E-state index contributed by atoms with van der Waals surface area (Å²) in [6, 6.07) is 9.25. The number of anilines is 2. The third-order valence-electron chi connectivity index (χ3n) is 5.24. The molecule has 8 heteroatoms. The number of hydrogen-bond donors (Lipinski definition) is 1. The number of ether oxygens (including phenoxy) is 1. The average Bonchev–Trinajstić information content (AvgIpc) is 2.73. The molecule has 0 atom stereocenters. The van der Waals surface area contributed by atoms with Crippen LogP contribution >= 0.6 is 0 Å². The topological polar surface area (TPSA) is 61.9 Å². The largest absolute Gasteiger partial charge is 0.484 e. The highest BCUT2D eigenvalue weighted by molar-refractivity contribution is 5.94. The maximum atomic E-state index is 13.4. The monoisotopic (exact) mass is 401 g/mol. The fraction of sp³-hybridized carbons (Fsp3) is 0.333. The maximum Gasteiger partial charge on any atom is 0.260 e. The molecule has 0 radical (unpaired) electrons. The Balaban J connectivity index is 1.29. The Morgan fingerprint density at radius 1 is 1.00 bits per heavy atom. The second-order valence-corrected chi connectivity index (χ2v) is 7.12. The maximum absolute atomic E-state index is 13.4. The van der Waals surface area contributed by atoms with E-state index in [1.807, 2.05) is 11.0 Å². The summed E-state index contributed by atoms with van der Waals surface area (Å²) in [7, 11) is 0. The van der Waals surface area contributed by atoms with E-state index in [1.165, 1.54) is 12.1 Å². The molecule has 2 aliphatic heterocycles. The molecular weight excluding hydrogens is 380 g/mol. The second-order valence-electron chi connectivity index (χ2n) is 7.12. The lowest BCUT2D eigenvalue weighted by atomic mass is 10.0. The van der Waals surface area contributed by atoms with Gasteiger partial charge in [-0.25, -0.2) is 8.78 Å². The van der Waals surface area contributed by atoms with E-state index >= 15 is 0 Å². The number of aryl methyl sites for hydroxylation is 1. The average molecular weight is 401 g/mol. The number of piperazine rings is 1. The molecule has 1 saturated heterocycles. The number of rotatable bonds is 4. The van der Waals surface area contributed by atoms with E-state index in [-0.39, 0.29) is 18.4 Å². The van der Waals surface area contributed by atoms with Crippen LogP contribution in [0.4, 0.5) is 20.2 Å². The van der Waals surface area contributed by atoms with E-state index < -0.39 is 11.6 Å². The van der Waals surface area contributed by atoms with Crippen LogP contribution in [0, 0.1) is 11.6 Å². The standard InChI is InChI=1S/C21H21F2N3O3/c22-17-5-3-15(11-18(17)23)25-7-9-26(10-8-25)21(28)13-29-16-4-1-14-2-6-20(27)24-19(14)12-16/h1,3-5,11-12H,2,6-10,13H2,(H,24,27). The number of benzene rings is 2. The van der Waals surface area contributed by atoms with Gasteiger partial charge in [-0.1, -0.05) is 6.07 Å². The van der Waals surface area contributed by atoms with Crippen LogP contribution < -0.4 is 15.0 Å². The summed E-state index contributed by atoms with van der Waals surface area (Å²) < 4.78 is 32.1. The molecular formula is C21H21F2N3O3. The molecule has 0 aromatic heterocycles. The molecule has 1 N–H and O–H groups in total. The first-order chi connectivity index (χ1) is 14.0. The van der Waals surface area contributed by atoms with Gasteiger partial charge < -0.3 is 19.9 Å². The Kier molecular flexibility index (Phi) is 5.33.